The molecule has 2 aliphatic heterocycles. The zero-order valence-corrected chi connectivity index (χ0v) is 13.8. The van der Waals surface area contributed by atoms with Crippen molar-refractivity contribution >= 4 is 23.4 Å². The van der Waals surface area contributed by atoms with E-state index in [9.17, 15) is 18.4 Å². The van der Waals surface area contributed by atoms with Gasteiger partial charge in [-0.1, -0.05) is 11.6 Å². The first-order valence-electron chi connectivity index (χ1n) is 7.55. The van der Waals surface area contributed by atoms with Crippen LogP contribution in [-0.2, 0) is 4.79 Å². The van der Waals surface area contributed by atoms with Crippen LogP contribution in [0.5, 0.6) is 5.75 Å². The van der Waals surface area contributed by atoms with Crippen molar-refractivity contribution in [3.63, 3.8) is 0 Å². The normalized spacial score (nSPS) is 25.7. The molecule has 3 rings (SSSR count). The van der Waals surface area contributed by atoms with Gasteiger partial charge in [-0.25, -0.2) is 8.78 Å². The Hall–Kier alpha value is -1.89. The van der Waals surface area contributed by atoms with Crippen LogP contribution in [0.25, 0.3) is 0 Å². The zero-order valence-electron chi connectivity index (χ0n) is 13.1. The van der Waals surface area contributed by atoms with Crippen molar-refractivity contribution < 1.29 is 23.1 Å². The maximum Gasteiger partial charge on any atom is 0.266 e. The molecule has 5 nitrogen and oxygen atoms in total. The van der Waals surface area contributed by atoms with Crippen LogP contribution in [0.15, 0.2) is 18.2 Å². The molecule has 1 aromatic carbocycles. The summed E-state index contributed by atoms with van der Waals surface area (Å²) in [6.07, 6.45) is -0.229. The number of piperidine rings is 1. The van der Waals surface area contributed by atoms with Crippen molar-refractivity contribution in [2.75, 3.05) is 26.7 Å². The summed E-state index contributed by atoms with van der Waals surface area (Å²) in [7, 11) is 1.44. The largest absolute Gasteiger partial charge is 0.495 e. The van der Waals surface area contributed by atoms with Crippen LogP contribution >= 0.6 is 11.6 Å². The second-order valence-corrected chi connectivity index (χ2v) is 6.74. The van der Waals surface area contributed by atoms with Crippen LogP contribution in [-0.4, -0.2) is 49.4 Å². The molecule has 2 amide bonds. The maximum absolute atomic E-state index is 14.2. The van der Waals surface area contributed by atoms with Gasteiger partial charge in [0.25, 0.3) is 11.8 Å². The second kappa shape index (κ2) is 5.88. The van der Waals surface area contributed by atoms with E-state index < -0.39 is 36.1 Å². The van der Waals surface area contributed by atoms with E-state index in [1.807, 2.05) is 0 Å². The first-order valence-corrected chi connectivity index (χ1v) is 7.93. The van der Waals surface area contributed by atoms with Gasteiger partial charge in [-0.05, 0) is 24.6 Å². The summed E-state index contributed by atoms with van der Waals surface area (Å²) in [6, 6.07) is 4.37. The highest BCUT2D eigenvalue weighted by Gasteiger charge is 2.55. The SMILES string of the molecule is COc1ccc(C(=O)N2CC(F)(F)C[C@]3(CCNC3=O)C2)cc1Cl. The number of amides is 2. The van der Waals surface area contributed by atoms with Gasteiger partial charge in [0.2, 0.25) is 5.91 Å². The molecular weight excluding hydrogens is 342 g/mol. The maximum atomic E-state index is 14.2. The molecule has 8 heteroatoms. The number of rotatable bonds is 2. The minimum absolute atomic E-state index is 0.0170. The number of nitrogens with zero attached hydrogens (tertiary/aromatic N) is 1. The molecule has 2 fully saturated rings. The number of benzene rings is 1. The molecule has 1 aromatic rings. The molecule has 1 atom stereocenters. The summed E-state index contributed by atoms with van der Waals surface area (Å²) in [4.78, 5) is 25.8. The van der Waals surface area contributed by atoms with Gasteiger partial charge in [-0.2, -0.15) is 0 Å². The first kappa shape index (κ1) is 17.0. The van der Waals surface area contributed by atoms with Gasteiger partial charge in [0.15, 0.2) is 0 Å². The molecule has 0 unspecified atom stereocenters. The number of likely N-dealkylation sites (tertiary alicyclic amines) is 1. The number of nitrogens with one attached hydrogen (secondary N) is 1. The minimum atomic E-state index is -3.11. The Kier molecular flexibility index (Phi) is 4.15. The molecule has 0 aromatic heterocycles. The Balaban J connectivity index is 1.88. The smallest absolute Gasteiger partial charge is 0.266 e. The van der Waals surface area contributed by atoms with E-state index in [-0.39, 0.29) is 17.1 Å². The molecule has 2 aliphatic rings. The predicted molar refractivity (Wildman–Crippen MR) is 83.5 cm³/mol. The molecular formula is C16H17ClF2N2O3. The van der Waals surface area contributed by atoms with Gasteiger partial charge < -0.3 is 15.0 Å². The molecule has 1 spiro atoms. The summed E-state index contributed by atoms with van der Waals surface area (Å²) >= 11 is 6.00. The summed E-state index contributed by atoms with van der Waals surface area (Å²) < 4.78 is 33.4. The summed E-state index contributed by atoms with van der Waals surface area (Å²) in [5.41, 5.74) is -1.03. The lowest BCUT2D eigenvalue weighted by Gasteiger charge is -2.42. The minimum Gasteiger partial charge on any atom is -0.495 e. The number of ether oxygens (including phenoxy) is 1. The Labute approximate surface area is 142 Å². The third kappa shape index (κ3) is 2.92. The fraction of sp³-hybridized carbons (Fsp3) is 0.500. The summed E-state index contributed by atoms with van der Waals surface area (Å²) in [5.74, 6) is -3.69. The third-order valence-electron chi connectivity index (χ3n) is 4.57. The summed E-state index contributed by atoms with van der Waals surface area (Å²) in [6.45, 7) is -0.368. The van der Waals surface area contributed by atoms with E-state index in [0.717, 1.165) is 4.90 Å². The van der Waals surface area contributed by atoms with Crippen molar-refractivity contribution in [2.45, 2.75) is 18.8 Å². The number of carbonyl (C=O) groups is 2. The Morgan fingerprint density at radius 2 is 2.12 bits per heavy atom. The van der Waals surface area contributed by atoms with E-state index in [4.69, 9.17) is 16.3 Å². The van der Waals surface area contributed by atoms with Crippen LogP contribution in [0.2, 0.25) is 5.02 Å². The van der Waals surface area contributed by atoms with Crippen molar-refractivity contribution in [2.24, 2.45) is 5.41 Å². The Morgan fingerprint density at radius 3 is 2.71 bits per heavy atom. The molecule has 24 heavy (non-hydrogen) atoms. The number of carbonyl (C=O) groups excluding carboxylic acids is 2. The summed E-state index contributed by atoms with van der Waals surface area (Å²) in [5, 5.41) is 2.82. The van der Waals surface area contributed by atoms with Crippen molar-refractivity contribution in [3.8, 4) is 5.75 Å². The zero-order chi connectivity index (χ0) is 17.5. The van der Waals surface area contributed by atoms with E-state index in [0.29, 0.717) is 18.7 Å². The number of hydrogen-bond donors (Lipinski definition) is 1. The quantitative estimate of drug-likeness (QED) is 0.882. The molecule has 2 saturated heterocycles. The van der Waals surface area contributed by atoms with Crippen molar-refractivity contribution in [1.29, 1.82) is 0 Å². The van der Waals surface area contributed by atoms with Gasteiger partial charge in [0.05, 0.1) is 24.1 Å². The van der Waals surface area contributed by atoms with Crippen LogP contribution in [0, 0.1) is 5.41 Å². The van der Waals surface area contributed by atoms with Crippen LogP contribution in [0.3, 0.4) is 0 Å². The third-order valence-corrected chi connectivity index (χ3v) is 4.86. The monoisotopic (exact) mass is 358 g/mol. The highest BCUT2D eigenvalue weighted by atomic mass is 35.5. The molecule has 2 heterocycles. The van der Waals surface area contributed by atoms with Crippen molar-refractivity contribution in [3.05, 3.63) is 28.8 Å². The van der Waals surface area contributed by atoms with Gasteiger partial charge in [0, 0.05) is 25.1 Å². The lowest BCUT2D eigenvalue weighted by molar-refractivity contribution is -0.144. The molecule has 0 radical (unpaired) electrons. The van der Waals surface area contributed by atoms with E-state index >= 15 is 0 Å². The predicted octanol–water partition coefficient (Wildman–Crippen LogP) is 2.34. The number of methoxy groups -OCH3 is 1. The molecule has 1 N–H and O–H groups in total. The standard InChI is InChI=1S/C16H17ClF2N2O3/c1-24-12-3-2-10(6-11(12)17)13(22)21-8-15(4-5-20-14(15)23)7-16(18,19)9-21/h2-3,6H,4-5,7-9H2,1H3,(H,20,23)/t15-/m1/s1. The second-order valence-electron chi connectivity index (χ2n) is 6.33. The van der Waals surface area contributed by atoms with Gasteiger partial charge in [0.1, 0.15) is 5.75 Å². The van der Waals surface area contributed by atoms with Gasteiger partial charge in [-0.15, -0.1) is 0 Å². The lowest BCUT2D eigenvalue weighted by Crippen LogP contribution is -2.56. The lowest BCUT2D eigenvalue weighted by atomic mass is 9.77. The Morgan fingerprint density at radius 1 is 1.38 bits per heavy atom. The Bertz CT molecular complexity index is 698. The fourth-order valence-corrected chi connectivity index (χ4v) is 3.73. The number of halogens is 3. The van der Waals surface area contributed by atoms with E-state index in [1.165, 1.54) is 25.3 Å². The van der Waals surface area contributed by atoms with E-state index in [1.54, 1.807) is 0 Å². The molecule has 0 bridgehead atoms. The number of hydrogen-bond acceptors (Lipinski definition) is 3. The molecule has 0 aliphatic carbocycles. The van der Waals surface area contributed by atoms with Crippen LogP contribution in [0.4, 0.5) is 8.78 Å². The highest BCUT2D eigenvalue weighted by molar-refractivity contribution is 6.32. The van der Waals surface area contributed by atoms with Gasteiger partial charge >= 0.3 is 0 Å². The number of alkyl halides is 2. The molecule has 130 valence electrons. The van der Waals surface area contributed by atoms with Crippen LogP contribution < -0.4 is 10.1 Å². The van der Waals surface area contributed by atoms with Crippen LogP contribution in [0.1, 0.15) is 23.2 Å². The average molecular weight is 359 g/mol. The topological polar surface area (TPSA) is 58.6 Å². The van der Waals surface area contributed by atoms with Gasteiger partial charge in [-0.3, -0.25) is 9.59 Å². The molecule has 0 saturated carbocycles. The van der Waals surface area contributed by atoms with E-state index in [2.05, 4.69) is 5.32 Å². The average Bonchev–Trinajstić information content (AvgIpc) is 2.84. The fourth-order valence-electron chi connectivity index (χ4n) is 3.47. The van der Waals surface area contributed by atoms with Crippen molar-refractivity contribution in [1.82, 2.24) is 10.2 Å². The first-order chi connectivity index (χ1) is 11.3. The highest BCUT2D eigenvalue weighted by Crippen LogP contribution is 2.43.